The number of rotatable bonds is 3. The lowest BCUT2D eigenvalue weighted by atomic mass is 10.4. The molecule has 3 rings (SSSR count). The van der Waals surface area contributed by atoms with Crippen LogP contribution in [0.2, 0.25) is 0 Å². The molecule has 6 nitrogen and oxygen atoms in total. The van der Waals surface area contributed by atoms with Crippen LogP contribution in [-0.2, 0) is 5.75 Å². The second-order valence-electron chi connectivity index (χ2n) is 3.15. The van der Waals surface area contributed by atoms with Gasteiger partial charge < -0.3 is 10.3 Å². The molecule has 0 spiro atoms. The molecule has 2 N–H and O–H groups in total. The van der Waals surface area contributed by atoms with Gasteiger partial charge in [0.05, 0.1) is 11.1 Å². The van der Waals surface area contributed by atoms with E-state index in [2.05, 4.69) is 20.1 Å². The average Bonchev–Trinajstić information content (AvgIpc) is 2.97. The maximum atomic E-state index is 5.84. The van der Waals surface area contributed by atoms with Crippen LogP contribution in [0.4, 0.5) is 5.82 Å². The monoisotopic (exact) mass is 265 g/mol. The number of hydrogen-bond acceptors (Lipinski definition) is 8. The number of anilines is 1. The maximum absolute atomic E-state index is 5.84. The van der Waals surface area contributed by atoms with E-state index in [9.17, 15) is 0 Å². The number of nitrogens with zero attached hydrogens (tertiary/aromatic N) is 4. The van der Waals surface area contributed by atoms with Crippen molar-refractivity contribution in [1.29, 1.82) is 0 Å². The van der Waals surface area contributed by atoms with Crippen LogP contribution in [0.5, 0.6) is 0 Å². The van der Waals surface area contributed by atoms with Crippen LogP contribution in [0.3, 0.4) is 0 Å². The van der Waals surface area contributed by atoms with E-state index in [0.29, 0.717) is 22.6 Å². The largest absolute Gasteiger partial charge is 0.383 e. The Bertz CT molecular complexity index is 636. The zero-order valence-electron chi connectivity index (χ0n) is 8.53. The highest BCUT2D eigenvalue weighted by Crippen LogP contribution is 2.27. The minimum absolute atomic E-state index is 0.504. The molecule has 0 bridgehead atoms. The molecule has 0 saturated heterocycles. The number of thiophene rings is 1. The summed E-state index contributed by atoms with van der Waals surface area (Å²) in [6.07, 6.45) is 1.37. The van der Waals surface area contributed by atoms with Crippen molar-refractivity contribution in [3.63, 3.8) is 0 Å². The fourth-order valence-electron chi connectivity index (χ4n) is 1.31. The topological polar surface area (TPSA) is 90.7 Å². The maximum Gasteiger partial charge on any atom is 0.236 e. The highest BCUT2D eigenvalue weighted by molar-refractivity contribution is 7.98. The van der Waals surface area contributed by atoms with Gasteiger partial charge in [-0.25, -0.2) is 9.97 Å². The fraction of sp³-hybridized carbons (Fsp3) is 0.111. The Hall–Kier alpha value is -1.67. The third kappa shape index (κ3) is 2.08. The number of thioether (sulfide) groups is 1. The quantitative estimate of drug-likeness (QED) is 0.571. The van der Waals surface area contributed by atoms with Crippen LogP contribution < -0.4 is 5.73 Å². The van der Waals surface area contributed by atoms with E-state index in [-0.39, 0.29) is 0 Å². The molecule has 3 aromatic heterocycles. The van der Waals surface area contributed by atoms with Crippen LogP contribution in [0.15, 0.2) is 27.5 Å². The van der Waals surface area contributed by atoms with Crippen molar-refractivity contribution in [2.45, 2.75) is 10.9 Å². The Morgan fingerprint density at radius 1 is 1.41 bits per heavy atom. The first-order chi connectivity index (χ1) is 8.33. The Morgan fingerprint density at radius 3 is 3.18 bits per heavy atom. The lowest BCUT2D eigenvalue weighted by molar-refractivity contribution is 0.390. The zero-order valence-corrected chi connectivity index (χ0v) is 10.2. The van der Waals surface area contributed by atoms with Crippen LogP contribution in [0.25, 0.3) is 10.2 Å². The van der Waals surface area contributed by atoms with E-state index in [1.54, 1.807) is 11.3 Å². The van der Waals surface area contributed by atoms with Crippen LogP contribution >= 0.6 is 23.1 Å². The second kappa shape index (κ2) is 4.30. The van der Waals surface area contributed by atoms with Crippen molar-refractivity contribution in [2.75, 3.05) is 5.73 Å². The Kier molecular flexibility index (Phi) is 2.65. The molecule has 3 aromatic rings. The first-order valence-electron chi connectivity index (χ1n) is 4.72. The molecule has 0 unspecified atom stereocenters. The highest BCUT2D eigenvalue weighted by atomic mass is 32.2. The molecule has 0 aliphatic rings. The normalized spacial score (nSPS) is 11.1. The molecule has 86 valence electrons. The summed E-state index contributed by atoms with van der Waals surface area (Å²) in [5.74, 6) is 1.59. The molecule has 0 amide bonds. The van der Waals surface area contributed by atoms with Crippen molar-refractivity contribution < 1.29 is 4.52 Å². The van der Waals surface area contributed by atoms with E-state index in [1.165, 1.54) is 18.1 Å². The Morgan fingerprint density at radius 2 is 2.35 bits per heavy atom. The van der Waals surface area contributed by atoms with Gasteiger partial charge in [0.25, 0.3) is 0 Å². The van der Waals surface area contributed by atoms with Gasteiger partial charge in [0, 0.05) is 0 Å². The number of nitrogens with two attached hydrogens (primary N) is 1. The predicted octanol–water partition coefficient (Wildman–Crippen LogP) is 1.95. The first kappa shape index (κ1) is 10.5. The van der Waals surface area contributed by atoms with Crippen LogP contribution in [0, 0.1) is 0 Å². The van der Waals surface area contributed by atoms with Gasteiger partial charge in [-0.15, -0.1) is 11.3 Å². The van der Waals surface area contributed by atoms with E-state index >= 15 is 0 Å². The van der Waals surface area contributed by atoms with Gasteiger partial charge in [-0.05, 0) is 11.4 Å². The van der Waals surface area contributed by atoms with E-state index < -0.39 is 0 Å². The minimum Gasteiger partial charge on any atom is -0.383 e. The molecular formula is C9H7N5OS2. The average molecular weight is 265 g/mol. The molecule has 0 aliphatic heterocycles. The summed E-state index contributed by atoms with van der Waals surface area (Å²) >= 11 is 2.96. The standard InChI is InChI=1S/C9H7N5OS2/c10-7-5-1-2-16-8(5)14-9(13-7)17-3-6-11-4-12-15-6/h1-2,4H,3H2,(H2,10,13,14). The highest BCUT2D eigenvalue weighted by Gasteiger charge is 2.08. The third-order valence-electron chi connectivity index (χ3n) is 2.07. The molecule has 0 aliphatic carbocycles. The lowest BCUT2D eigenvalue weighted by Crippen LogP contribution is -1.95. The number of hydrogen-bond donors (Lipinski definition) is 1. The van der Waals surface area contributed by atoms with Gasteiger partial charge in [0.2, 0.25) is 5.89 Å². The summed E-state index contributed by atoms with van der Waals surface area (Å²) < 4.78 is 4.89. The molecule has 0 radical (unpaired) electrons. The molecule has 17 heavy (non-hydrogen) atoms. The van der Waals surface area contributed by atoms with Gasteiger partial charge in [-0.2, -0.15) is 4.98 Å². The minimum atomic E-state index is 0.504. The van der Waals surface area contributed by atoms with Crippen molar-refractivity contribution in [3.8, 4) is 0 Å². The predicted molar refractivity (Wildman–Crippen MR) is 65.7 cm³/mol. The zero-order chi connectivity index (χ0) is 11.7. The van der Waals surface area contributed by atoms with Crippen LogP contribution in [0.1, 0.15) is 5.89 Å². The van der Waals surface area contributed by atoms with Gasteiger partial charge in [-0.1, -0.05) is 16.9 Å². The summed E-state index contributed by atoms with van der Waals surface area (Å²) in [5.41, 5.74) is 5.84. The smallest absolute Gasteiger partial charge is 0.236 e. The number of fused-ring (bicyclic) bond motifs is 1. The Labute approximate surface area is 104 Å². The molecule has 0 fully saturated rings. The van der Waals surface area contributed by atoms with Crippen molar-refractivity contribution >= 4 is 39.1 Å². The van der Waals surface area contributed by atoms with Gasteiger partial charge in [-0.3, -0.25) is 0 Å². The molecule has 0 saturated carbocycles. The van der Waals surface area contributed by atoms with E-state index in [4.69, 9.17) is 10.3 Å². The Balaban J connectivity index is 1.85. The molecular weight excluding hydrogens is 258 g/mol. The molecule has 3 heterocycles. The first-order valence-corrected chi connectivity index (χ1v) is 6.58. The number of nitrogen functional groups attached to an aromatic ring is 1. The van der Waals surface area contributed by atoms with Gasteiger partial charge >= 0.3 is 0 Å². The summed E-state index contributed by atoms with van der Waals surface area (Å²) in [4.78, 5) is 13.4. The van der Waals surface area contributed by atoms with Crippen molar-refractivity contribution in [2.24, 2.45) is 0 Å². The van der Waals surface area contributed by atoms with Crippen molar-refractivity contribution in [3.05, 3.63) is 23.7 Å². The number of aromatic nitrogens is 4. The summed E-state index contributed by atoms with van der Waals surface area (Å²) in [5, 5.41) is 7.00. The lowest BCUT2D eigenvalue weighted by Gasteiger charge is -1.99. The third-order valence-corrected chi connectivity index (χ3v) is 3.70. The molecule has 8 heteroatoms. The van der Waals surface area contributed by atoms with E-state index in [1.807, 2.05) is 11.4 Å². The van der Waals surface area contributed by atoms with Gasteiger partial charge in [0.1, 0.15) is 10.6 Å². The summed E-state index contributed by atoms with van der Waals surface area (Å²) in [7, 11) is 0. The molecule has 0 atom stereocenters. The fourth-order valence-corrected chi connectivity index (χ4v) is 2.84. The second-order valence-corrected chi connectivity index (χ2v) is 4.99. The van der Waals surface area contributed by atoms with Gasteiger partial charge in [0.15, 0.2) is 11.5 Å². The summed E-state index contributed by atoms with van der Waals surface area (Å²) in [6.45, 7) is 0. The van der Waals surface area contributed by atoms with E-state index in [0.717, 1.165) is 10.2 Å². The molecule has 0 aromatic carbocycles. The summed E-state index contributed by atoms with van der Waals surface area (Å²) in [6, 6.07) is 1.92. The van der Waals surface area contributed by atoms with Crippen LogP contribution in [-0.4, -0.2) is 20.1 Å². The van der Waals surface area contributed by atoms with Crippen molar-refractivity contribution in [1.82, 2.24) is 20.1 Å². The SMILES string of the molecule is Nc1nc(SCc2ncno2)nc2sccc12.